The van der Waals surface area contributed by atoms with Gasteiger partial charge in [-0.25, -0.2) is 4.98 Å². The molecule has 158 valence electrons. The lowest BCUT2D eigenvalue weighted by molar-refractivity contribution is 0.102. The van der Waals surface area contributed by atoms with Crippen LogP contribution in [-0.4, -0.2) is 58.0 Å². The lowest BCUT2D eigenvalue weighted by atomic mass is 10.2. The van der Waals surface area contributed by atoms with Crippen LogP contribution in [0.5, 0.6) is 0 Å². The van der Waals surface area contributed by atoms with Crippen LogP contribution in [0.1, 0.15) is 30.0 Å². The average Bonchev–Trinajstić information content (AvgIpc) is 3.10. The Kier molecular flexibility index (Phi) is 6.51. The molecule has 4 rings (SSSR count). The maximum Gasteiger partial charge on any atom is 0.255 e. The maximum atomic E-state index is 12.6. The fourth-order valence-corrected chi connectivity index (χ4v) is 4.43. The van der Waals surface area contributed by atoms with Gasteiger partial charge in [0.1, 0.15) is 5.82 Å². The second-order valence-electron chi connectivity index (χ2n) is 7.65. The number of anilines is 1. The quantitative estimate of drug-likeness (QED) is 0.587. The highest BCUT2D eigenvalue weighted by Crippen LogP contribution is 2.23. The van der Waals surface area contributed by atoms with E-state index in [2.05, 4.69) is 55.5 Å². The summed E-state index contributed by atoms with van der Waals surface area (Å²) in [6.07, 6.45) is 0. The highest BCUT2D eigenvalue weighted by atomic mass is 79.9. The molecule has 1 fully saturated rings. The second kappa shape index (κ2) is 9.29. The van der Waals surface area contributed by atoms with Crippen LogP contribution < -0.4 is 5.32 Å². The van der Waals surface area contributed by atoms with Gasteiger partial charge in [-0.15, -0.1) is 0 Å². The lowest BCUT2D eigenvalue weighted by Gasteiger charge is -2.33. The first-order chi connectivity index (χ1) is 14.6. The van der Waals surface area contributed by atoms with Crippen molar-refractivity contribution in [1.29, 1.82) is 0 Å². The molecule has 3 aromatic rings. The maximum absolute atomic E-state index is 12.6. The Morgan fingerprint density at radius 3 is 2.50 bits per heavy atom. The summed E-state index contributed by atoms with van der Waals surface area (Å²) >= 11 is 3.42. The summed E-state index contributed by atoms with van der Waals surface area (Å²) in [5.41, 5.74) is 3.41. The largest absolute Gasteiger partial charge is 0.327 e. The van der Waals surface area contributed by atoms with Crippen LogP contribution in [-0.2, 0) is 13.1 Å². The van der Waals surface area contributed by atoms with E-state index in [0.717, 1.165) is 72.8 Å². The minimum atomic E-state index is -0.125. The molecule has 2 heterocycles. The van der Waals surface area contributed by atoms with E-state index >= 15 is 0 Å². The molecule has 0 radical (unpaired) electrons. The van der Waals surface area contributed by atoms with E-state index in [0.29, 0.717) is 5.56 Å². The van der Waals surface area contributed by atoms with Crippen LogP contribution in [0.15, 0.2) is 46.9 Å². The summed E-state index contributed by atoms with van der Waals surface area (Å²) in [5.74, 6) is 0.965. The molecular formula is C23H28BrN5O. The standard InChI is InChI=1S/C23H28BrN5O/c1-3-27-10-12-28(13-11-27)16-22-26-20-15-19(8-9-21(20)29(22)4-2)25-23(30)17-6-5-7-18(24)14-17/h5-9,14-15H,3-4,10-13,16H2,1-2H3,(H,25,30). The summed E-state index contributed by atoms with van der Waals surface area (Å²) in [5, 5.41) is 2.99. The number of carbonyl (C=O) groups is 1. The molecule has 0 saturated carbocycles. The summed E-state index contributed by atoms with van der Waals surface area (Å²) in [6, 6.07) is 13.4. The van der Waals surface area contributed by atoms with E-state index in [4.69, 9.17) is 4.98 Å². The molecule has 1 N–H and O–H groups in total. The number of nitrogens with one attached hydrogen (secondary N) is 1. The van der Waals surface area contributed by atoms with Crippen molar-refractivity contribution in [2.45, 2.75) is 26.9 Å². The van der Waals surface area contributed by atoms with Crippen LogP contribution in [0.25, 0.3) is 11.0 Å². The monoisotopic (exact) mass is 469 g/mol. The predicted octanol–water partition coefficient (Wildman–Crippen LogP) is 4.21. The summed E-state index contributed by atoms with van der Waals surface area (Å²) < 4.78 is 3.17. The molecule has 7 heteroatoms. The normalized spacial score (nSPS) is 15.6. The smallest absolute Gasteiger partial charge is 0.255 e. The first-order valence-electron chi connectivity index (χ1n) is 10.6. The first kappa shape index (κ1) is 21.0. The van der Waals surface area contributed by atoms with Gasteiger partial charge < -0.3 is 14.8 Å². The Balaban J connectivity index is 1.52. The third-order valence-electron chi connectivity index (χ3n) is 5.77. The number of nitrogens with zero attached hydrogens (tertiary/aromatic N) is 4. The molecule has 0 atom stereocenters. The zero-order valence-electron chi connectivity index (χ0n) is 17.6. The van der Waals surface area contributed by atoms with Crippen molar-refractivity contribution in [3.63, 3.8) is 0 Å². The van der Waals surface area contributed by atoms with E-state index < -0.39 is 0 Å². The van der Waals surface area contributed by atoms with E-state index in [1.807, 2.05) is 30.3 Å². The fourth-order valence-electron chi connectivity index (χ4n) is 4.03. The van der Waals surface area contributed by atoms with Gasteiger partial charge in [-0.1, -0.05) is 28.9 Å². The zero-order valence-corrected chi connectivity index (χ0v) is 19.2. The summed E-state index contributed by atoms with van der Waals surface area (Å²) in [6.45, 7) is 11.6. The van der Waals surface area contributed by atoms with Crippen molar-refractivity contribution in [2.75, 3.05) is 38.0 Å². The molecule has 2 aromatic carbocycles. The number of carbonyl (C=O) groups excluding carboxylic acids is 1. The van der Waals surface area contributed by atoms with Gasteiger partial charge in [0.05, 0.1) is 17.6 Å². The molecule has 0 spiro atoms. The number of aromatic nitrogens is 2. The predicted molar refractivity (Wildman–Crippen MR) is 125 cm³/mol. The van der Waals surface area contributed by atoms with Gasteiger partial charge in [-0.3, -0.25) is 9.69 Å². The van der Waals surface area contributed by atoms with Gasteiger partial charge in [0.15, 0.2) is 0 Å². The van der Waals surface area contributed by atoms with Crippen LogP contribution in [0.4, 0.5) is 5.69 Å². The molecule has 0 unspecified atom stereocenters. The third-order valence-corrected chi connectivity index (χ3v) is 6.26. The topological polar surface area (TPSA) is 53.4 Å². The molecule has 1 amide bonds. The Bertz CT molecular complexity index is 1040. The van der Waals surface area contributed by atoms with Crippen molar-refractivity contribution < 1.29 is 4.79 Å². The average molecular weight is 470 g/mol. The van der Waals surface area contributed by atoms with Crippen molar-refractivity contribution in [1.82, 2.24) is 19.4 Å². The Labute approximate surface area is 186 Å². The number of halogens is 1. The molecule has 0 aliphatic carbocycles. The van der Waals surface area contributed by atoms with Crippen molar-refractivity contribution in [3.05, 3.63) is 58.3 Å². The van der Waals surface area contributed by atoms with Crippen molar-refractivity contribution >= 4 is 38.6 Å². The number of benzene rings is 2. The fraction of sp³-hybridized carbons (Fsp3) is 0.391. The van der Waals surface area contributed by atoms with Crippen LogP contribution >= 0.6 is 15.9 Å². The SMILES string of the molecule is CCN1CCN(Cc2nc3cc(NC(=O)c4cccc(Br)c4)ccc3n2CC)CC1. The van der Waals surface area contributed by atoms with Gasteiger partial charge in [0, 0.05) is 48.4 Å². The molecular weight excluding hydrogens is 442 g/mol. The number of piperazine rings is 1. The Hall–Kier alpha value is -2.22. The first-order valence-corrected chi connectivity index (χ1v) is 11.4. The van der Waals surface area contributed by atoms with Crippen LogP contribution in [0.3, 0.4) is 0 Å². The minimum absolute atomic E-state index is 0.125. The van der Waals surface area contributed by atoms with Gasteiger partial charge >= 0.3 is 0 Å². The zero-order chi connectivity index (χ0) is 21.1. The number of rotatable bonds is 6. The Morgan fingerprint density at radius 1 is 1.03 bits per heavy atom. The lowest BCUT2D eigenvalue weighted by Crippen LogP contribution is -2.45. The Morgan fingerprint density at radius 2 is 1.80 bits per heavy atom. The molecule has 0 bridgehead atoms. The van der Waals surface area contributed by atoms with Gasteiger partial charge in [-0.05, 0) is 49.9 Å². The van der Waals surface area contributed by atoms with Crippen molar-refractivity contribution in [2.24, 2.45) is 0 Å². The highest BCUT2D eigenvalue weighted by molar-refractivity contribution is 9.10. The molecule has 1 aliphatic rings. The van der Waals surface area contributed by atoms with E-state index in [-0.39, 0.29) is 5.91 Å². The van der Waals surface area contributed by atoms with Crippen molar-refractivity contribution in [3.8, 4) is 0 Å². The number of aryl methyl sites for hydroxylation is 1. The number of imidazole rings is 1. The van der Waals surface area contributed by atoms with Gasteiger partial charge in [0.2, 0.25) is 0 Å². The number of fused-ring (bicyclic) bond motifs is 1. The molecule has 1 aliphatic heterocycles. The number of likely N-dealkylation sites (N-methyl/N-ethyl adjacent to an activating group) is 1. The molecule has 6 nitrogen and oxygen atoms in total. The van der Waals surface area contributed by atoms with E-state index in [1.165, 1.54) is 0 Å². The molecule has 1 saturated heterocycles. The van der Waals surface area contributed by atoms with Gasteiger partial charge in [0.25, 0.3) is 5.91 Å². The highest BCUT2D eigenvalue weighted by Gasteiger charge is 2.19. The minimum Gasteiger partial charge on any atom is -0.327 e. The number of hydrogen-bond acceptors (Lipinski definition) is 4. The third kappa shape index (κ3) is 4.58. The molecule has 1 aromatic heterocycles. The molecule has 30 heavy (non-hydrogen) atoms. The summed E-state index contributed by atoms with van der Waals surface area (Å²) in [7, 11) is 0. The summed E-state index contributed by atoms with van der Waals surface area (Å²) in [4.78, 5) is 22.5. The number of amides is 1. The van der Waals surface area contributed by atoms with Crippen LogP contribution in [0, 0.1) is 0 Å². The van der Waals surface area contributed by atoms with Gasteiger partial charge in [-0.2, -0.15) is 0 Å². The number of hydrogen-bond donors (Lipinski definition) is 1. The van der Waals surface area contributed by atoms with E-state index in [9.17, 15) is 4.79 Å². The second-order valence-corrected chi connectivity index (χ2v) is 8.57. The van der Waals surface area contributed by atoms with E-state index in [1.54, 1.807) is 6.07 Å². The van der Waals surface area contributed by atoms with Crippen LogP contribution in [0.2, 0.25) is 0 Å².